The minimum atomic E-state index is -1.83. The summed E-state index contributed by atoms with van der Waals surface area (Å²) < 4.78 is 1.74. The summed E-state index contributed by atoms with van der Waals surface area (Å²) in [6.07, 6.45) is 10.7. The molecule has 1 aromatic heterocycles. The summed E-state index contributed by atoms with van der Waals surface area (Å²) in [7, 11) is 0. The second-order valence-electron chi connectivity index (χ2n) is 12.2. The number of aliphatic hydroxyl groups is 2. The zero-order chi connectivity index (χ0) is 32.1. The molecule has 0 spiro atoms. The van der Waals surface area contributed by atoms with E-state index in [1.165, 1.54) is 0 Å². The number of amides is 2. The van der Waals surface area contributed by atoms with Crippen molar-refractivity contribution in [2.24, 2.45) is 5.92 Å². The van der Waals surface area contributed by atoms with Gasteiger partial charge in [-0.15, -0.1) is 5.10 Å². The van der Waals surface area contributed by atoms with Crippen LogP contribution >= 0.6 is 0 Å². The van der Waals surface area contributed by atoms with Crippen molar-refractivity contribution in [3.05, 3.63) is 114 Å². The fraction of sp³-hybridized carbons (Fsp3) is 0.351. The number of anilines is 3. The first-order valence-corrected chi connectivity index (χ1v) is 16.2. The lowest BCUT2D eigenvalue weighted by Crippen LogP contribution is -2.43. The van der Waals surface area contributed by atoms with Gasteiger partial charge >= 0.3 is 0 Å². The van der Waals surface area contributed by atoms with E-state index in [0.29, 0.717) is 54.3 Å². The third-order valence-electron chi connectivity index (χ3n) is 9.22. The van der Waals surface area contributed by atoms with Crippen LogP contribution in [0.15, 0.2) is 97.2 Å². The SMILES string of the molecule is C[C@H](/C=C/CCn1cc(C(CO)c2ccccc2)nn1)[C@@]1(O)C(=O)N(c2ccccc2)c2ccc(N3CCCCCCC3=O)cc21. The molecule has 2 N–H and O–H groups in total. The van der Waals surface area contributed by atoms with Crippen molar-refractivity contribution < 1.29 is 19.8 Å². The van der Waals surface area contributed by atoms with Crippen molar-refractivity contribution >= 4 is 28.9 Å². The minimum Gasteiger partial charge on any atom is -0.395 e. The Kier molecular flexibility index (Phi) is 9.42. The monoisotopic (exact) mass is 619 g/mol. The molecule has 9 heteroatoms. The molecule has 3 heterocycles. The molecular formula is C37H41N5O4. The molecule has 0 bridgehead atoms. The van der Waals surface area contributed by atoms with E-state index in [1.807, 2.05) is 109 Å². The van der Waals surface area contributed by atoms with Gasteiger partial charge < -0.3 is 15.1 Å². The number of hydrogen-bond donors (Lipinski definition) is 2. The molecule has 9 nitrogen and oxygen atoms in total. The highest BCUT2D eigenvalue weighted by molar-refractivity contribution is 6.12. The van der Waals surface area contributed by atoms with E-state index < -0.39 is 17.4 Å². The van der Waals surface area contributed by atoms with Crippen LogP contribution in [0.5, 0.6) is 0 Å². The quantitative estimate of drug-likeness (QED) is 0.216. The lowest BCUT2D eigenvalue weighted by molar-refractivity contribution is -0.138. The fourth-order valence-electron chi connectivity index (χ4n) is 6.58. The second kappa shape index (κ2) is 13.8. The van der Waals surface area contributed by atoms with E-state index in [4.69, 9.17) is 0 Å². The van der Waals surface area contributed by atoms with E-state index >= 15 is 0 Å². The number of fused-ring (bicyclic) bond motifs is 1. The van der Waals surface area contributed by atoms with Crippen molar-refractivity contribution in [1.29, 1.82) is 0 Å². The standard InChI is InChI=1S/C37H41N5O4/c1-27(14-11-13-22-40-25-33(38-39-40)31(26-43)28-15-6-4-7-16-28)37(46)32-24-30(41-23-12-3-2-10-19-35(41)44)20-21-34(32)42(36(37)45)29-17-8-5-9-18-29/h4-9,11,14-18,20-21,24-25,27,31,43,46H,2-3,10,12-13,19,22-23,26H2,1H3/b14-11+/t27-,31?,37+/m1/s1. The largest absolute Gasteiger partial charge is 0.395 e. The molecule has 0 radical (unpaired) electrons. The molecule has 3 aromatic carbocycles. The highest BCUT2D eigenvalue weighted by Crippen LogP contribution is 2.49. The number of allylic oxidation sites excluding steroid dienone is 1. The van der Waals surface area contributed by atoms with Gasteiger partial charge in [-0.05, 0) is 55.2 Å². The molecule has 0 saturated carbocycles. The number of para-hydroxylation sites is 1. The highest BCUT2D eigenvalue weighted by atomic mass is 16.3. The van der Waals surface area contributed by atoms with Crippen LogP contribution in [0.2, 0.25) is 0 Å². The number of aromatic nitrogens is 3. The normalized spacial score (nSPS) is 20.1. The predicted octanol–water partition coefficient (Wildman–Crippen LogP) is 5.85. The number of carbonyl (C=O) groups excluding carboxylic acids is 2. The zero-order valence-corrected chi connectivity index (χ0v) is 26.2. The first kappa shape index (κ1) is 31.4. The first-order chi connectivity index (χ1) is 22.4. The van der Waals surface area contributed by atoms with Gasteiger partial charge in [0, 0.05) is 48.6 Å². The van der Waals surface area contributed by atoms with Gasteiger partial charge in [-0.2, -0.15) is 0 Å². The summed E-state index contributed by atoms with van der Waals surface area (Å²) in [4.78, 5) is 30.6. The summed E-state index contributed by atoms with van der Waals surface area (Å²) in [6.45, 7) is 2.95. The lowest BCUT2D eigenvalue weighted by Gasteiger charge is -2.29. The number of aryl methyl sites for hydroxylation is 1. The predicted molar refractivity (Wildman–Crippen MR) is 178 cm³/mol. The van der Waals surface area contributed by atoms with Crippen LogP contribution in [0.1, 0.15) is 68.2 Å². The van der Waals surface area contributed by atoms with Gasteiger partial charge in [0.25, 0.3) is 5.91 Å². The van der Waals surface area contributed by atoms with Crippen molar-refractivity contribution in [2.45, 2.75) is 63.5 Å². The summed E-state index contributed by atoms with van der Waals surface area (Å²) in [5.74, 6) is -1.15. The van der Waals surface area contributed by atoms with Crippen LogP contribution in [-0.4, -0.2) is 50.2 Å². The number of carbonyl (C=O) groups is 2. The number of aliphatic hydroxyl groups excluding tert-OH is 1. The Morgan fingerprint density at radius 3 is 2.43 bits per heavy atom. The zero-order valence-electron chi connectivity index (χ0n) is 26.2. The molecule has 0 aliphatic carbocycles. The second-order valence-corrected chi connectivity index (χ2v) is 12.2. The van der Waals surface area contributed by atoms with Crippen LogP contribution in [0.25, 0.3) is 0 Å². The summed E-state index contributed by atoms with van der Waals surface area (Å²) in [5, 5.41) is 30.9. The topological polar surface area (TPSA) is 112 Å². The van der Waals surface area contributed by atoms with Crippen molar-refractivity contribution in [3.63, 3.8) is 0 Å². The Morgan fingerprint density at radius 2 is 1.67 bits per heavy atom. The summed E-state index contributed by atoms with van der Waals surface area (Å²) >= 11 is 0. The Bertz CT molecular complexity index is 1690. The Morgan fingerprint density at radius 1 is 0.935 bits per heavy atom. The highest BCUT2D eigenvalue weighted by Gasteiger charge is 2.53. The molecule has 2 aliphatic heterocycles. The maximum Gasteiger partial charge on any atom is 0.268 e. The van der Waals surface area contributed by atoms with E-state index in [-0.39, 0.29) is 18.4 Å². The number of nitrogens with zero attached hydrogens (tertiary/aromatic N) is 5. The van der Waals surface area contributed by atoms with Gasteiger partial charge in [0.2, 0.25) is 5.91 Å². The molecule has 4 aromatic rings. The van der Waals surface area contributed by atoms with Crippen LogP contribution in [-0.2, 0) is 21.7 Å². The van der Waals surface area contributed by atoms with Crippen molar-refractivity contribution in [1.82, 2.24) is 15.0 Å². The molecule has 3 atom stereocenters. The van der Waals surface area contributed by atoms with Crippen LogP contribution in [0, 0.1) is 5.92 Å². The van der Waals surface area contributed by atoms with E-state index in [1.54, 1.807) is 9.58 Å². The first-order valence-electron chi connectivity index (χ1n) is 16.2. The molecule has 1 unspecified atom stereocenters. The summed E-state index contributed by atoms with van der Waals surface area (Å²) in [5.41, 5.74) is 2.36. The van der Waals surface area contributed by atoms with Crippen LogP contribution in [0.4, 0.5) is 17.1 Å². The summed E-state index contributed by atoms with van der Waals surface area (Å²) in [6, 6.07) is 24.7. The van der Waals surface area contributed by atoms with E-state index in [2.05, 4.69) is 10.3 Å². The Balaban J connectivity index is 1.23. The molecule has 2 amide bonds. The molecular weight excluding hydrogens is 578 g/mol. The maximum absolute atomic E-state index is 14.2. The third-order valence-corrected chi connectivity index (χ3v) is 9.22. The minimum absolute atomic E-state index is 0.0676. The number of benzene rings is 3. The van der Waals surface area contributed by atoms with Gasteiger partial charge in [-0.25, -0.2) is 0 Å². The van der Waals surface area contributed by atoms with Crippen molar-refractivity contribution in [3.8, 4) is 0 Å². The molecule has 1 fully saturated rings. The van der Waals surface area contributed by atoms with Gasteiger partial charge in [-0.1, -0.05) is 85.7 Å². The molecule has 1 saturated heterocycles. The van der Waals surface area contributed by atoms with Crippen LogP contribution in [0.3, 0.4) is 0 Å². The smallest absolute Gasteiger partial charge is 0.268 e. The van der Waals surface area contributed by atoms with Crippen LogP contribution < -0.4 is 9.80 Å². The van der Waals surface area contributed by atoms with Gasteiger partial charge in [0.15, 0.2) is 5.60 Å². The molecule has 46 heavy (non-hydrogen) atoms. The number of rotatable bonds is 10. The fourth-order valence-corrected chi connectivity index (χ4v) is 6.58. The number of hydrogen-bond acceptors (Lipinski definition) is 6. The van der Waals surface area contributed by atoms with Crippen molar-refractivity contribution in [2.75, 3.05) is 23.0 Å². The van der Waals surface area contributed by atoms with E-state index in [0.717, 1.165) is 31.2 Å². The van der Waals surface area contributed by atoms with Gasteiger partial charge in [0.1, 0.15) is 0 Å². The average Bonchev–Trinajstić information content (AvgIpc) is 3.63. The third kappa shape index (κ3) is 6.12. The Labute approximate surface area is 269 Å². The van der Waals surface area contributed by atoms with Gasteiger partial charge in [-0.3, -0.25) is 19.2 Å². The maximum atomic E-state index is 14.2. The van der Waals surface area contributed by atoms with E-state index in [9.17, 15) is 19.8 Å². The van der Waals surface area contributed by atoms with Gasteiger partial charge in [0.05, 0.1) is 23.9 Å². The lowest BCUT2D eigenvalue weighted by atomic mass is 9.82. The molecule has 2 aliphatic rings. The molecule has 6 rings (SSSR count). The Hall–Kier alpha value is -4.60. The average molecular weight is 620 g/mol. The molecule has 238 valence electrons.